The Hall–Kier alpha value is -1.13. The number of aromatic nitrogens is 1. The lowest BCUT2D eigenvalue weighted by Gasteiger charge is -2.14. The van der Waals surface area contributed by atoms with E-state index >= 15 is 0 Å². The maximum absolute atomic E-state index is 5.79. The van der Waals surface area contributed by atoms with Crippen molar-refractivity contribution in [2.24, 2.45) is 0 Å². The van der Waals surface area contributed by atoms with Crippen molar-refractivity contribution in [2.75, 3.05) is 27.2 Å². The van der Waals surface area contributed by atoms with Gasteiger partial charge in [0.2, 0.25) is 0 Å². The summed E-state index contributed by atoms with van der Waals surface area (Å²) >= 11 is 0. The first kappa shape index (κ1) is 14.9. The van der Waals surface area contributed by atoms with Crippen LogP contribution in [0.25, 0.3) is 0 Å². The van der Waals surface area contributed by atoms with Crippen LogP contribution in [0.5, 0.6) is 5.75 Å². The molecule has 0 spiro atoms. The van der Waals surface area contributed by atoms with Crippen LogP contribution in [0.2, 0.25) is 0 Å². The number of nitrogens with zero attached hydrogens (tertiary/aromatic N) is 2. The average Bonchev–Trinajstić information content (AvgIpc) is 2.33. The van der Waals surface area contributed by atoms with Crippen LogP contribution in [0, 0.1) is 0 Å². The molecule has 1 N–H and O–H groups in total. The molecule has 18 heavy (non-hydrogen) atoms. The Morgan fingerprint density at radius 2 is 2.17 bits per heavy atom. The van der Waals surface area contributed by atoms with E-state index in [4.69, 9.17) is 4.74 Å². The van der Waals surface area contributed by atoms with Gasteiger partial charge in [-0.2, -0.15) is 0 Å². The van der Waals surface area contributed by atoms with Gasteiger partial charge in [0.05, 0.1) is 12.8 Å². The van der Waals surface area contributed by atoms with E-state index in [1.165, 1.54) is 5.56 Å². The molecule has 0 saturated heterocycles. The number of pyridine rings is 1. The highest BCUT2D eigenvalue weighted by atomic mass is 16.5. The Labute approximate surface area is 110 Å². The fourth-order valence-corrected chi connectivity index (χ4v) is 1.56. The lowest BCUT2D eigenvalue weighted by atomic mass is 10.2. The summed E-state index contributed by atoms with van der Waals surface area (Å²) in [5.41, 5.74) is 1.17. The highest BCUT2D eigenvalue weighted by Gasteiger charge is 2.04. The number of nitrogens with one attached hydrogen (secondary N) is 1. The number of rotatable bonds is 8. The van der Waals surface area contributed by atoms with Crippen LogP contribution >= 0.6 is 0 Å². The molecule has 0 aromatic carbocycles. The van der Waals surface area contributed by atoms with Crippen LogP contribution in [0.15, 0.2) is 18.5 Å². The molecular weight excluding hydrogens is 226 g/mol. The largest absolute Gasteiger partial charge is 0.492 e. The lowest BCUT2D eigenvalue weighted by Crippen LogP contribution is -2.22. The van der Waals surface area contributed by atoms with Crippen molar-refractivity contribution in [1.82, 2.24) is 15.2 Å². The molecule has 1 heterocycles. The molecule has 1 aromatic rings. The van der Waals surface area contributed by atoms with Crippen LogP contribution < -0.4 is 10.1 Å². The molecule has 1 aromatic heterocycles. The van der Waals surface area contributed by atoms with Gasteiger partial charge in [0.25, 0.3) is 0 Å². The molecule has 0 radical (unpaired) electrons. The predicted molar refractivity (Wildman–Crippen MR) is 74.9 cm³/mol. The normalized spacial score (nSPS) is 11.2. The predicted octanol–water partition coefficient (Wildman–Crippen LogP) is 1.91. The Kier molecular flexibility index (Phi) is 6.68. The average molecular weight is 251 g/mol. The zero-order valence-corrected chi connectivity index (χ0v) is 11.9. The molecule has 0 fully saturated rings. The molecule has 4 nitrogen and oxygen atoms in total. The van der Waals surface area contributed by atoms with Gasteiger partial charge < -0.3 is 15.0 Å². The highest BCUT2D eigenvalue weighted by Crippen LogP contribution is 2.16. The minimum Gasteiger partial charge on any atom is -0.492 e. The summed E-state index contributed by atoms with van der Waals surface area (Å²) in [5.74, 6) is 0.893. The first-order valence-electron chi connectivity index (χ1n) is 6.53. The van der Waals surface area contributed by atoms with Gasteiger partial charge >= 0.3 is 0 Å². The van der Waals surface area contributed by atoms with E-state index in [1.54, 1.807) is 6.20 Å². The quantitative estimate of drug-likeness (QED) is 0.716. The first-order valence-corrected chi connectivity index (χ1v) is 6.53. The number of hydrogen-bond donors (Lipinski definition) is 1. The Morgan fingerprint density at radius 3 is 2.83 bits per heavy atom. The summed E-state index contributed by atoms with van der Waals surface area (Å²) in [6.07, 6.45) is 4.63. The summed E-state index contributed by atoms with van der Waals surface area (Å²) in [7, 11) is 4.14. The van der Waals surface area contributed by atoms with Crippen molar-refractivity contribution in [2.45, 2.75) is 32.9 Å². The second kappa shape index (κ2) is 8.06. The van der Waals surface area contributed by atoms with Crippen molar-refractivity contribution < 1.29 is 4.74 Å². The van der Waals surface area contributed by atoms with E-state index in [-0.39, 0.29) is 0 Å². The van der Waals surface area contributed by atoms with Crippen LogP contribution in [0.1, 0.15) is 25.8 Å². The van der Waals surface area contributed by atoms with Gasteiger partial charge in [-0.05, 0) is 26.6 Å². The minimum absolute atomic E-state index is 0.472. The summed E-state index contributed by atoms with van der Waals surface area (Å²) in [5, 5.41) is 3.39. The first-order chi connectivity index (χ1) is 8.59. The van der Waals surface area contributed by atoms with E-state index in [9.17, 15) is 0 Å². The van der Waals surface area contributed by atoms with Gasteiger partial charge in [0, 0.05) is 30.9 Å². The van der Waals surface area contributed by atoms with Gasteiger partial charge in [-0.3, -0.25) is 4.98 Å². The fraction of sp³-hybridized carbons (Fsp3) is 0.643. The van der Waals surface area contributed by atoms with Crippen molar-refractivity contribution >= 4 is 0 Å². The molecular formula is C14H25N3O. The second-order valence-electron chi connectivity index (χ2n) is 5.02. The fourth-order valence-electron chi connectivity index (χ4n) is 1.56. The Morgan fingerprint density at radius 1 is 1.39 bits per heavy atom. The molecule has 0 bridgehead atoms. The van der Waals surface area contributed by atoms with E-state index in [0.29, 0.717) is 6.04 Å². The summed E-state index contributed by atoms with van der Waals surface area (Å²) in [6, 6.07) is 2.48. The number of hydrogen-bond acceptors (Lipinski definition) is 4. The van der Waals surface area contributed by atoms with Gasteiger partial charge in [0.1, 0.15) is 5.75 Å². The Bertz CT molecular complexity index is 340. The van der Waals surface area contributed by atoms with E-state index in [0.717, 1.165) is 31.9 Å². The van der Waals surface area contributed by atoms with Crippen molar-refractivity contribution in [3.8, 4) is 5.75 Å². The smallest absolute Gasteiger partial charge is 0.142 e. The van der Waals surface area contributed by atoms with Gasteiger partial charge in [-0.1, -0.05) is 13.8 Å². The summed E-state index contributed by atoms with van der Waals surface area (Å²) < 4.78 is 5.79. The van der Waals surface area contributed by atoms with E-state index in [1.807, 2.05) is 12.3 Å². The topological polar surface area (TPSA) is 37.4 Å². The van der Waals surface area contributed by atoms with Crippen LogP contribution in [-0.4, -0.2) is 43.2 Å². The van der Waals surface area contributed by atoms with Crippen LogP contribution in [0.4, 0.5) is 0 Å². The highest BCUT2D eigenvalue weighted by molar-refractivity contribution is 5.29. The molecule has 0 saturated carbocycles. The molecule has 1 rings (SSSR count). The molecule has 0 atom stereocenters. The maximum atomic E-state index is 5.79. The third-order valence-electron chi connectivity index (χ3n) is 2.58. The molecule has 0 aliphatic heterocycles. The standard InChI is InChI=1S/C14H25N3O/c1-12(2)16-10-13-6-7-15-11-14(13)18-9-5-8-17(3)4/h6-7,11-12,16H,5,8-10H2,1-4H3. The minimum atomic E-state index is 0.472. The summed E-state index contributed by atoms with van der Waals surface area (Å²) in [4.78, 5) is 6.28. The SMILES string of the molecule is CC(C)NCc1ccncc1OCCCN(C)C. The number of ether oxygens (including phenoxy) is 1. The van der Waals surface area contributed by atoms with Crippen LogP contribution in [-0.2, 0) is 6.54 Å². The molecule has 4 heteroatoms. The molecule has 102 valence electrons. The van der Waals surface area contributed by atoms with E-state index < -0.39 is 0 Å². The molecule has 0 unspecified atom stereocenters. The van der Waals surface area contributed by atoms with Crippen molar-refractivity contribution in [1.29, 1.82) is 0 Å². The second-order valence-corrected chi connectivity index (χ2v) is 5.02. The van der Waals surface area contributed by atoms with E-state index in [2.05, 4.69) is 43.1 Å². The van der Waals surface area contributed by atoms with Gasteiger partial charge in [-0.15, -0.1) is 0 Å². The van der Waals surface area contributed by atoms with Crippen LogP contribution in [0.3, 0.4) is 0 Å². The monoisotopic (exact) mass is 251 g/mol. The van der Waals surface area contributed by atoms with Crippen molar-refractivity contribution in [3.05, 3.63) is 24.0 Å². The Balaban J connectivity index is 2.43. The lowest BCUT2D eigenvalue weighted by molar-refractivity contribution is 0.278. The third kappa shape index (κ3) is 5.98. The van der Waals surface area contributed by atoms with Crippen molar-refractivity contribution in [3.63, 3.8) is 0 Å². The van der Waals surface area contributed by atoms with Gasteiger partial charge in [-0.25, -0.2) is 0 Å². The zero-order valence-electron chi connectivity index (χ0n) is 11.9. The molecule has 0 aliphatic carbocycles. The third-order valence-corrected chi connectivity index (χ3v) is 2.58. The molecule has 0 aliphatic rings. The molecule has 0 amide bonds. The van der Waals surface area contributed by atoms with Gasteiger partial charge in [0.15, 0.2) is 0 Å². The maximum Gasteiger partial charge on any atom is 0.142 e. The summed E-state index contributed by atoms with van der Waals surface area (Å²) in [6.45, 7) is 6.87. The zero-order chi connectivity index (χ0) is 13.4.